The Bertz CT molecular complexity index is 1410. The van der Waals surface area contributed by atoms with Gasteiger partial charge < -0.3 is 9.88 Å². The van der Waals surface area contributed by atoms with E-state index >= 15 is 0 Å². The molecule has 0 aliphatic carbocycles. The van der Waals surface area contributed by atoms with Gasteiger partial charge in [-0.3, -0.25) is 4.79 Å². The molecule has 4 aromatic rings. The highest BCUT2D eigenvalue weighted by Crippen LogP contribution is 2.22. The fraction of sp³-hybridized carbons (Fsp3) is 0.292. The first-order chi connectivity index (χ1) is 16.3. The Balaban J connectivity index is 1.41. The van der Waals surface area contributed by atoms with E-state index in [1.165, 1.54) is 18.4 Å². The second-order valence-electron chi connectivity index (χ2n) is 8.12. The van der Waals surface area contributed by atoms with Gasteiger partial charge in [0.15, 0.2) is 0 Å². The summed E-state index contributed by atoms with van der Waals surface area (Å²) in [5, 5.41) is 7.28. The Kier molecular flexibility index (Phi) is 6.80. The van der Waals surface area contributed by atoms with Crippen LogP contribution in [0.25, 0.3) is 16.7 Å². The van der Waals surface area contributed by atoms with Crippen LogP contribution >= 0.6 is 0 Å². The molecule has 0 bridgehead atoms. The third-order valence-electron chi connectivity index (χ3n) is 5.62. The summed E-state index contributed by atoms with van der Waals surface area (Å²) >= 11 is 0. The number of nitrogens with zero attached hydrogens (tertiary/aromatic N) is 5. The van der Waals surface area contributed by atoms with Crippen LogP contribution in [0.4, 0.5) is 0 Å². The van der Waals surface area contributed by atoms with E-state index < -0.39 is 10.0 Å². The van der Waals surface area contributed by atoms with Gasteiger partial charge in [-0.05, 0) is 37.3 Å². The minimum atomic E-state index is -3.54. The minimum Gasteiger partial charge on any atom is -0.352 e. The number of fused-ring (bicyclic) bond motifs is 1. The van der Waals surface area contributed by atoms with Crippen molar-refractivity contribution in [1.82, 2.24) is 29.0 Å². The SMILES string of the molecule is CCn1c(CCC(=O)NCc2cnn(-c3ccccc3)c2)nc2cc(S(=O)(=O)N(C)C)ccc21. The molecule has 0 atom stereocenters. The van der Waals surface area contributed by atoms with Crippen molar-refractivity contribution >= 4 is 27.0 Å². The molecule has 0 aliphatic heterocycles. The summed E-state index contributed by atoms with van der Waals surface area (Å²) in [7, 11) is -0.539. The lowest BCUT2D eigenvalue weighted by molar-refractivity contribution is -0.121. The quantitative estimate of drug-likeness (QED) is 0.397. The number of rotatable bonds is 9. The maximum atomic E-state index is 12.5. The van der Waals surface area contributed by atoms with Crippen LogP contribution in [0.15, 0.2) is 65.8 Å². The van der Waals surface area contributed by atoms with Crippen LogP contribution in [0.5, 0.6) is 0 Å². The van der Waals surface area contributed by atoms with Crippen LogP contribution in [0, 0.1) is 0 Å². The van der Waals surface area contributed by atoms with E-state index in [0.29, 0.717) is 25.0 Å². The molecular formula is C24H28N6O3S. The van der Waals surface area contributed by atoms with Crippen LogP contribution in [0.3, 0.4) is 0 Å². The fourth-order valence-electron chi connectivity index (χ4n) is 3.76. The molecule has 0 saturated heterocycles. The van der Waals surface area contributed by atoms with E-state index in [1.807, 2.05) is 48.0 Å². The van der Waals surface area contributed by atoms with Crippen LogP contribution < -0.4 is 5.32 Å². The average molecular weight is 481 g/mol. The van der Waals surface area contributed by atoms with E-state index in [-0.39, 0.29) is 17.2 Å². The monoisotopic (exact) mass is 480 g/mol. The van der Waals surface area contributed by atoms with Gasteiger partial charge in [0.25, 0.3) is 0 Å². The van der Waals surface area contributed by atoms with Crippen molar-refractivity contribution in [2.24, 2.45) is 0 Å². The average Bonchev–Trinajstić information content (AvgIpc) is 3.45. The zero-order valence-electron chi connectivity index (χ0n) is 19.5. The first kappa shape index (κ1) is 23.7. The van der Waals surface area contributed by atoms with Crippen LogP contribution in [0.2, 0.25) is 0 Å². The maximum Gasteiger partial charge on any atom is 0.242 e. The summed E-state index contributed by atoms with van der Waals surface area (Å²) in [5.74, 6) is 0.669. The second-order valence-corrected chi connectivity index (χ2v) is 10.3. The molecule has 1 N–H and O–H groups in total. The van der Waals surface area contributed by atoms with Gasteiger partial charge in [0.2, 0.25) is 15.9 Å². The molecule has 0 aliphatic rings. The number of nitrogens with one attached hydrogen (secondary N) is 1. The van der Waals surface area contributed by atoms with E-state index in [2.05, 4.69) is 15.4 Å². The fourth-order valence-corrected chi connectivity index (χ4v) is 4.68. The summed E-state index contributed by atoms with van der Waals surface area (Å²) in [6, 6.07) is 14.7. The summed E-state index contributed by atoms with van der Waals surface area (Å²) in [4.78, 5) is 17.3. The molecule has 4 rings (SSSR count). The van der Waals surface area contributed by atoms with Crippen molar-refractivity contribution in [2.75, 3.05) is 14.1 Å². The highest BCUT2D eigenvalue weighted by molar-refractivity contribution is 7.89. The number of carbonyl (C=O) groups excluding carboxylic acids is 1. The summed E-state index contributed by atoms with van der Waals surface area (Å²) in [6.07, 6.45) is 4.36. The molecular weight excluding hydrogens is 452 g/mol. The van der Waals surface area contributed by atoms with Gasteiger partial charge in [-0.25, -0.2) is 22.4 Å². The third kappa shape index (κ3) is 4.87. The second kappa shape index (κ2) is 9.78. The normalized spacial score (nSPS) is 11.9. The van der Waals surface area contributed by atoms with Gasteiger partial charge in [-0.15, -0.1) is 0 Å². The predicted molar refractivity (Wildman–Crippen MR) is 130 cm³/mol. The number of hydrogen-bond acceptors (Lipinski definition) is 5. The molecule has 10 heteroatoms. The predicted octanol–water partition coefficient (Wildman–Crippen LogP) is 2.74. The molecule has 1 amide bonds. The van der Waals surface area contributed by atoms with Crippen molar-refractivity contribution in [3.63, 3.8) is 0 Å². The lowest BCUT2D eigenvalue weighted by Crippen LogP contribution is -2.23. The summed E-state index contributed by atoms with van der Waals surface area (Å²) in [6.45, 7) is 3.06. The molecule has 34 heavy (non-hydrogen) atoms. The first-order valence-electron chi connectivity index (χ1n) is 11.1. The zero-order valence-corrected chi connectivity index (χ0v) is 20.3. The maximum absolute atomic E-state index is 12.5. The number of sulfonamides is 1. The van der Waals surface area contributed by atoms with E-state index in [1.54, 1.807) is 29.1 Å². The Morgan fingerprint density at radius 2 is 1.88 bits per heavy atom. The van der Waals surface area contributed by atoms with Crippen molar-refractivity contribution in [3.05, 3.63) is 72.3 Å². The van der Waals surface area contributed by atoms with Crippen molar-refractivity contribution in [3.8, 4) is 5.69 Å². The number of hydrogen-bond donors (Lipinski definition) is 1. The number of aryl methyl sites for hydroxylation is 2. The smallest absolute Gasteiger partial charge is 0.242 e. The molecule has 2 heterocycles. The Hall–Kier alpha value is -3.50. The number of imidazole rings is 1. The first-order valence-corrected chi connectivity index (χ1v) is 12.5. The highest BCUT2D eigenvalue weighted by atomic mass is 32.2. The molecule has 9 nitrogen and oxygen atoms in total. The van der Waals surface area contributed by atoms with E-state index in [0.717, 1.165) is 22.6 Å². The molecule has 2 aromatic heterocycles. The van der Waals surface area contributed by atoms with Crippen molar-refractivity contribution < 1.29 is 13.2 Å². The molecule has 0 radical (unpaired) electrons. The summed E-state index contributed by atoms with van der Waals surface area (Å²) < 4.78 is 29.9. The number of carbonyl (C=O) groups is 1. The van der Waals surface area contributed by atoms with E-state index in [9.17, 15) is 13.2 Å². The minimum absolute atomic E-state index is 0.0851. The highest BCUT2D eigenvalue weighted by Gasteiger charge is 2.19. The summed E-state index contributed by atoms with van der Waals surface area (Å²) in [5.41, 5.74) is 3.32. The van der Waals surface area contributed by atoms with Crippen LogP contribution in [-0.2, 0) is 34.3 Å². The number of para-hydroxylation sites is 1. The van der Waals surface area contributed by atoms with Gasteiger partial charge in [0.05, 0.1) is 27.8 Å². The molecule has 2 aromatic carbocycles. The molecule has 0 fully saturated rings. The van der Waals surface area contributed by atoms with E-state index in [4.69, 9.17) is 0 Å². The van der Waals surface area contributed by atoms with Gasteiger partial charge in [0, 0.05) is 51.8 Å². The lowest BCUT2D eigenvalue weighted by atomic mass is 10.2. The number of amides is 1. The largest absolute Gasteiger partial charge is 0.352 e. The molecule has 178 valence electrons. The van der Waals surface area contributed by atoms with Crippen molar-refractivity contribution in [1.29, 1.82) is 0 Å². The van der Waals surface area contributed by atoms with Crippen molar-refractivity contribution in [2.45, 2.75) is 37.8 Å². The lowest BCUT2D eigenvalue weighted by Gasteiger charge is -2.11. The van der Waals surface area contributed by atoms with Gasteiger partial charge in [0.1, 0.15) is 5.82 Å². The van der Waals surface area contributed by atoms with Crippen LogP contribution in [0.1, 0.15) is 24.7 Å². The van der Waals surface area contributed by atoms with Gasteiger partial charge in [-0.1, -0.05) is 18.2 Å². The molecule has 0 spiro atoms. The molecule has 0 unspecified atom stereocenters. The van der Waals surface area contributed by atoms with Crippen LogP contribution in [-0.4, -0.2) is 52.1 Å². The number of benzene rings is 2. The topological polar surface area (TPSA) is 102 Å². The Morgan fingerprint density at radius 3 is 2.59 bits per heavy atom. The van der Waals surface area contributed by atoms with Gasteiger partial charge in [-0.2, -0.15) is 5.10 Å². The Labute approximate surface area is 199 Å². The number of aromatic nitrogens is 4. The molecule has 0 saturated carbocycles. The zero-order chi connectivity index (χ0) is 24.3. The standard InChI is InChI=1S/C24H28N6O3S/c1-4-29-22-11-10-20(34(32,33)28(2)3)14-21(22)27-23(29)12-13-24(31)25-15-18-16-26-30(17-18)19-8-6-5-7-9-19/h5-11,14,16-17H,4,12-13,15H2,1-3H3,(H,25,31). The third-order valence-corrected chi connectivity index (χ3v) is 7.43. The van der Waals surface area contributed by atoms with Gasteiger partial charge >= 0.3 is 0 Å². The Morgan fingerprint density at radius 1 is 1.12 bits per heavy atom.